The summed E-state index contributed by atoms with van der Waals surface area (Å²) in [6, 6.07) is 10.1. The van der Waals surface area contributed by atoms with Crippen LogP contribution in [0, 0.1) is 0 Å². The Labute approximate surface area is 197 Å². The average molecular weight is 510 g/mol. The van der Waals surface area contributed by atoms with Gasteiger partial charge in [0.2, 0.25) is 5.82 Å². The maximum absolute atomic E-state index is 13.1. The summed E-state index contributed by atoms with van der Waals surface area (Å²) in [4.78, 5) is 20.4. The monoisotopic (exact) mass is 509 g/mol. The van der Waals surface area contributed by atoms with Gasteiger partial charge in [-0.15, -0.1) is 0 Å². The molecule has 0 spiro atoms. The predicted octanol–water partition coefficient (Wildman–Crippen LogP) is 4.05. The van der Waals surface area contributed by atoms with Crippen LogP contribution in [0.4, 0.5) is 8.78 Å². The molecule has 0 radical (unpaired) electrons. The summed E-state index contributed by atoms with van der Waals surface area (Å²) in [7, 11) is -1.25. The minimum Gasteiger partial charge on any atom is -0.497 e. The van der Waals surface area contributed by atoms with E-state index in [4.69, 9.17) is 16.3 Å². The number of carbonyl (C=O) groups is 1. The van der Waals surface area contributed by atoms with E-state index in [1.54, 1.807) is 60.3 Å². The Morgan fingerprint density at radius 3 is 2.65 bits per heavy atom. The lowest BCUT2D eigenvalue weighted by Crippen LogP contribution is -2.08. The minimum atomic E-state index is -3.77. The molecule has 13 heteroatoms. The van der Waals surface area contributed by atoms with Crippen LogP contribution in [0.2, 0.25) is 0 Å². The largest absolute Gasteiger partial charge is 0.497 e. The summed E-state index contributed by atoms with van der Waals surface area (Å²) in [5.41, 5.74) is 1.95. The normalized spacial score (nSPS) is 13.6. The Morgan fingerprint density at radius 2 is 2.00 bits per heavy atom. The van der Waals surface area contributed by atoms with Gasteiger partial charge in [-0.2, -0.15) is 18.1 Å². The number of carbonyl (C=O) groups excluding carboxylic acids is 1. The van der Waals surface area contributed by atoms with Crippen molar-refractivity contribution < 1.29 is 27.0 Å². The van der Waals surface area contributed by atoms with Gasteiger partial charge in [0.1, 0.15) is 11.4 Å². The van der Waals surface area contributed by atoms with E-state index in [9.17, 15) is 17.8 Å². The standard InChI is InChI=1S/C21H18ClF2N5O4S/c1-32-16-5-3-13(4-6-16)12-34(2,31)28-18(30)10-15-11-29-8-7-14(9-17(29)25-15)19-26-20(33-27-19)21(22,23)24/h3-9,11H,10,12H2,1-2H3. The molecule has 0 bridgehead atoms. The Bertz CT molecular complexity index is 1470. The zero-order valence-corrected chi connectivity index (χ0v) is 19.5. The quantitative estimate of drug-likeness (QED) is 0.345. The third-order valence-electron chi connectivity index (χ3n) is 4.66. The number of imidazole rings is 1. The smallest absolute Gasteiger partial charge is 0.400 e. The number of alkyl halides is 3. The third kappa shape index (κ3) is 5.57. The van der Waals surface area contributed by atoms with Gasteiger partial charge in [-0.25, -0.2) is 9.19 Å². The molecule has 4 aromatic rings. The van der Waals surface area contributed by atoms with Crippen LogP contribution in [-0.4, -0.2) is 43.0 Å². The van der Waals surface area contributed by atoms with Crippen molar-refractivity contribution in [3.05, 3.63) is 65.9 Å². The molecule has 0 saturated carbocycles. The fourth-order valence-corrected chi connectivity index (χ4v) is 4.63. The molecule has 1 aromatic carbocycles. The predicted molar refractivity (Wildman–Crippen MR) is 120 cm³/mol. The molecule has 4 rings (SSSR count). The number of halogens is 3. The van der Waals surface area contributed by atoms with Crippen LogP contribution >= 0.6 is 11.6 Å². The second-order valence-electron chi connectivity index (χ2n) is 7.45. The zero-order chi connectivity index (χ0) is 24.5. The number of pyridine rings is 1. The molecule has 0 aliphatic rings. The van der Waals surface area contributed by atoms with Crippen molar-refractivity contribution in [2.24, 2.45) is 4.36 Å². The van der Waals surface area contributed by atoms with Gasteiger partial charge < -0.3 is 13.7 Å². The summed E-state index contributed by atoms with van der Waals surface area (Å²) in [5, 5.41) is -0.269. The summed E-state index contributed by atoms with van der Waals surface area (Å²) in [6.45, 7) is 0. The van der Waals surface area contributed by atoms with Crippen molar-refractivity contribution in [3.63, 3.8) is 0 Å². The van der Waals surface area contributed by atoms with Gasteiger partial charge in [0.15, 0.2) is 0 Å². The van der Waals surface area contributed by atoms with Crippen molar-refractivity contribution >= 4 is 32.9 Å². The number of hydrogen-bond donors (Lipinski definition) is 0. The van der Waals surface area contributed by atoms with Gasteiger partial charge in [-0.1, -0.05) is 17.3 Å². The molecule has 0 fully saturated rings. The first kappa shape index (κ1) is 23.8. The first-order valence-electron chi connectivity index (χ1n) is 9.77. The van der Waals surface area contributed by atoms with E-state index in [2.05, 4.69) is 24.0 Å². The zero-order valence-electron chi connectivity index (χ0n) is 17.9. The molecule has 3 aromatic heterocycles. The van der Waals surface area contributed by atoms with E-state index in [-0.39, 0.29) is 18.0 Å². The van der Waals surface area contributed by atoms with Crippen molar-refractivity contribution in [2.75, 3.05) is 13.4 Å². The number of rotatable bonds is 7. The molecule has 3 heterocycles. The summed E-state index contributed by atoms with van der Waals surface area (Å²) >= 11 is 4.90. The number of ether oxygens (including phenoxy) is 1. The molecule has 0 aliphatic carbocycles. The maximum atomic E-state index is 13.1. The Kier molecular flexibility index (Phi) is 6.36. The number of methoxy groups -OCH3 is 1. The number of nitrogens with zero attached hydrogens (tertiary/aromatic N) is 5. The number of aromatic nitrogens is 4. The lowest BCUT2D eigenvalue weighted by atomic mass is 10.2. The van der Waals surface area contributed by atoms with Crippen molar-refractivity contribution in [1.82, 2.24) is 19.5 Å². The highest BCUT2D eigenvalue weighted by atomic mass is 35.5. The van der Waals surface area contributed by atoms with Crippen molar-refractivity contribution in [1.29, 1.82) is 0 Å². The van der Waals surface area contributed by atoms with Gasteiger partial charge in [0, 0.05) is 24.2 Å². The molecule has 1 atom stereocenters. The lowest BCUT2D eigenvalue weighted by molar-refractivity contribution is -0.117. The lowest BCUT2D eigenvalue weighted by Gasteiger charge is -2.05. The molecule has 0 saturated heterocycles. The number of fused-ring (bicyclic) bond motifs is 1. The summed E-state index contributed by atoms with van der Waals surface area (Å²) in [5.74, 6) is -0.885. The van der Waals surface area contributed by atoms with Crippen LogP contribution in [0.1, 0.15) is 17.1 Å². The molecule has 178 valence electrons. The maximum Gasteiger partial charge on any atom is 0.400 e. The first-order valence-corrected chi connectivity index (χ1v) is 12.2. The summed E-state index contributed by atoms with van der Waals surface area (Å²) in [6.07, 6.45) is 4.48. The summed E-state index contributed by atoms with van der Waals surface area (Å²) < 4.78 is 54.2. The van der Waals surface area contributed by atoms with E-state index in [1.807, 2.05) is 0 Å². The van der Waals surface area contributed by atoms with Gasteiger partial charge in [0.05, 0.1) is 34.7 Å². The van der Waals surface area contributed by atoms with E-state index < -0.39 is 26.9 Å². The molecule has 9 nitrogen and oxygen atoms in total. The SMILES string of the molecule is COc1ccc(CS(C)(=O)=NC(=O)Cc2cn3ccc(-c4noc(C(F)(F)Cl)n4)cc3n2)cc1. The molecule has 1 unspecified atom stereocenters. The molecule has 1 amide bonds. The number of benzene rings is 1. The van der Waals surface area contributed by atoms with Gasteiger partial charge in [0.25, 0.3) is 5.91 Å². The molecular weight excluding hydrogens is 492 g/mol. The number of hydrogen-bond acceptors (Lipinski definition) is 7. The van der Waals surface area contributed by atoms with Crippen LogP contribution in [0.5, 0.6) is 5.75 Å². The van der Waals surface area contributed by atoms with Crippen molar-refractivity contribution in [3.8, 4) is 17.1 Å². The topological polar surface area (TPSA) is 112 Å². The van der Waals surface area contributed by atoms with E-state index in [0.29, 0.717) is 22.7 Å². The second kappa shape index (κ2) is 9.11. The van der Waals surface area contributed by atoms with Crippen LogP contribution in [-0.2, 0) is 32.1 Å². The van der Waals surface area contributed by atoms with Crippen LogP contribution in [0.3, 0.4) is 0 Å². The minimum absolute atomic E-state index is 0.0855. The number of amides is 1. The first-order chi connectivity index (χ1) is 16.0. The second-order valence-corrected chi connectivity index (χ2v) is 10.3. The van der Waals surface area contributed by atoms with Crippen LogP contribution in [0.15, 0.2) is 57.7 Å². The van der Waals surface area contributed by atoms with Crippen molar-refractivity contribution in [2.45, 2.75) is 17.6 Å². The Hall–Kier alpha value is -3.38. The van der Waals surface area contributed by atoms with E-state index in [0.717, 1.165) is 5.56 Å². The fraction of sp³-hybridized carbons (Fsp3) is 0.238. The fourth-order valence-electron chi connectivity index (χ4n) is 3.18. The van der Waals surface area contributed by atoms with E-state index in [1.165, 1.54) is 6.26 Å². The van der Waals surface area contributed by atoms with Crippen LogP contribution < -0.4 is 4.74 Å². The highest BCUT2D eigenvalue weighted by molar-refractivity contribution is 7.92. The van der Waals surface area contributed by atoms with Gasteiger partial charge in [-0.3, -0.25) is 4.79 Å². The molecule has 0 N–H and O–H groups in total. The van der Waals surface area contributed by atoms with E-state index >= 15 is 0 Å². The molecule has 34 heavy (non-hydrogen) atoms. The van der Waals surface area contributed by atoms with Gasteiger partial charge >= 0.3 is 11.3 Å². The highest BCUT2D eigenvalue weighted by Crippen LogP contribution is 2.32. The Balaban J connectivity index is 1.49. The molecule has 0 aliphatic heterocycles. The van der Waals surface area contributed by atoms with Gasteiger partial charge in [-0.05, 0) is 41.4 Å². The van der Waals surface area contributed by atoms with Crippen LogP contribution in [0.25, 0.3) is 17.0 Å². The average Bonchev–Trinajstić information content (AvgIpc) is 3.39. The third-order valence-corrected chi connectivity index (χ3v) is 6.28. The Morgan fingerprint density at radius 1 is 1.26 bits per heavy atom. The molecular formula is C21H18ClF2N5O4S. The highest BCUT2D eigenvalue weighted by Gasteiger charge is 2.35.